The summed E-state index contributed by atoms with van der Waals surface area (Å²) in [4.78, 5) is 0. The Morgan fingerprint density at radius 1 is 0.950 bits per heavy atom. The van der Waals surface area contributed by atoms with E-state index in [-0.39, 0.29) is 0 Å². The van der Waals surface area contributed by atoms with Crippen molar-refractivity contribution in [3.8, 4) is 5.69 Å². The Kier molecular flexibility index (Phi) is 4.25. The Balaban J connectivity index is 1.62. The van der Waals surface area contributed by atoms with Gasteiger partial charge < -0.3 is 5.32 Å². The van der Waals surface area contributed by atoms with Crippen LogP contribution in [-0.4, -0.2) is 26.2 Å². The molecule has 20 heavy (non-hydrogen) atoms. The van der Waals surface area contributed by atoms with Crippen LogP contribution in [0.2, 0.25) is 0 Å². The van der Waals surface area contributed by atoms with Crippen LogP contribution in [0.1, 0.15) is 44.9 Å². The zero-order valence-corrected chi connectivity index (χ0v) is 11.7. The molecule has 0 radical (unpaired) electrons. The van der Waals surface area contributed by atoms with Gasteiger partial charge in [0.2, 0.25) is 0 Å². The normalized spacial score (nSPS) is 17.4. The lowest BCUT2D eigenvalue weighted by molar-refractivity contribution is 0.471. The summed E-state index contributed by atoms with van der Waals surface area (Å²) in [6.07, 6.45) is 11.1. The minimum atomic E-state index is 0.620. The first kappa shape index (κ1) is 13.1. The van der Waals surface area contributed by atoms with Crippen molar-refractivity contribution < 1.29 is 0 Å². The fourth-order valence-corrected chi connectivity index (χ4v) is 2.83. The standard InChI is InChI=1S/C15H21N5/c1-2-4-6-13(7-5-3-1)17-14-8-10-15(11-9-14)20-12-16-18-19-20/h8-13,17H,1-7H2. The molecule has 5 nitrogen and oxygen atoms in total. The Labute approximate surface area is 119 Å². The third-order valence-electron chi connectivity index (χ3n) is 3.96. The number of anilines is 1. The number of benzene rings is 1. The maximum absolute atomic E-state index is 3.89. The highest BCUT2D eigenvalue weighted by molar-refractivity contribution is 5.48. The molecule has 0 aliphatic heterocycles. The van der Waals surface area contributed by atoms with E-state index in [0.29, 0.717) is 6.04 Å². The molecule has 0 saturated heterocycles. The molecule has 0 atom stereocenters. The molecule has 1 saturated carbocycles. The van der Waals surface area contributed by atoms with Gasteiger partial charge in [-0.25, -0.2) is 4.68 Å². The second kappa shape index (κ2) is 6.50. The summed E-state index contributed by atoms with van der Waals surface area (Å²) in [5.41, 5.74) is 2.17. The van der Waals surface area contributed by atoms with Crippen LogP contribution in [-0.2, 0) is 0 Å². The first-order valence-corrected chi connectivity index (χ1v) is 7.52. The molecule has 1 heterocycles. The Morgan fingerprint density at radius 2 is 1.65 bits per heavy atom. The van der Waals surface area contributed by atoms with Gasteiger partial charge in [-0.3, -0.25) is 0 Å². The summed E-state index contributed by atoms with van der Waals surface area (Å²) >= 11 is 0. The molecule has 106 valence electrons. The van der Waals surface area contributed by atoms with Gasteiger partial charge in [0.25, 0.3) is 0 Å². The highest BCUT2D eigenvalue weighted by atomic mass is 15.5. The Bertz CT molecular complexity index is 498. The maximum atomic E-state index is 3.89. The molecule has 1 aromatic heterocycles. The van der Waals surface area contributed by atoms with Gasteiger partial charge in [0.1, 0.15) is 6.33 Å². The van der Waals surface area contributed by atoms with E-state index in [4.69, 9.17) is 0 Å². The van der Waals surface area contributed by atoms with Gasteiger partial charge in [-0.1, -0.05) is 32.1 Å². The quantitative estimate of drug-likeness (QED) is 0.931. The SMILES string of the molecule is c1cc(-n2cnnn2)ccc1NC1CCCCCCC1. The topological polar surface area (TPSA) is 55.6 Å². The van der Waals surface area contributed by atoms with Crippen molar-refractivity contribution >= 4 is 5.69 Å². The lowest BCUT2D eigenvalue weighted by atomic mass is 9.96. The second-order valence-corrected chi connectivity index (χ2v) is 5.49. The van der Waals surface area contributed by atoms with Gasteiger partial charge in [-0.15, -0.1) is 5.10 Å². The fraction of sp³-hybridized carbons (Fsp3) is 0.533. The molecule has 1 N–H and O–H groups in total. The van der Waals surface area contributed by atoms with E-state index in [1.165, 1.54) is 50.6 Å². The zero-order chi connectivity index (χ0) is 13.6. The maximum Gasteiger partial charge on any atom is 0.143 e. The Hall–Kier alpha value is -1.91. The largest absolute Gasteiger partial charge is 0.382 e. The molecule has 0 bridgehead atoms. The first-order valence-electron chi connectivity index (χ1n) is 7.52. The molecule has 0 unspecified atom stereocenters. The van der Waals surface area contributed by atoms with Crippen LogP contribution in [0.25, 0.3) is 5.69 Å². The monoisotopic (exact) mass is 271 g/mol. The molecular weight excluding hydrogens is 250 g/mol. The van der Waals surface area contributed by atoms with E-state index in [0.717, 1.165) is 5.69 Å². The predicted octanol–water partition coefficient (Wildman–Crippen LogP) is 3.19. The van der Waals surface area contributed by atoms with Gasteiger partial charge in [-0.2, -0.15) is 0 Å². The lowest BCUT2D eigenvalue weighted by Crippen LogP contribution is -2.20. The first-order chi connectivity index (χ1) is 9.92. The van der Waals surface area contributed by atoms with Crippen molar-refractivity contribution in [3.63, 3.8) is 0 Å². The number of tetrazole rings is 1. The van der Waals surface area contributed by atoms with E-state index in [9.17, 15) is 0 Å². The van der Waals surface area contributed by atoms with Crippen LogP contribution >= 0.6 is 0 Å². The van der Waals surface area contributed by atoms with Crippen molar-refractivity contribution in [2.24, 2.45) is 0 Å². The van der Waals surface area contributed by atoms with E-state index in [1.807, 2.05) is 12.1 Å². The Morgan fingerprint density at radius 3 is 2.30 bits per heavy atom. The molecule has 0 spiro atoms. The summed E-state index contributed by atoms with van der Waals surface area (Å²) in [5.74, 6) is 0. The highest BCUT2D eigenvalue weighted by Gasteiger charge is 2.11. The summed E-state index contributed by atoms with van der Waals surface area (Å²) < 4.78 is 1.67. The zero-order valence-electron chi connectivity index (χ0n) is 11.7. The predicted molar refractivity (Wildman–Crippen MR) is 78.9 cm³/mol. The van der Waals surface area contributed by atoms with Crippen molar-refractivity contribution in [2.45, 2.75) is 51.0 Å². The van der Waals surface area contributed by atoms with Gasteiger partial charge in [0.15, 0.2) is 0 Å². The number of nitrogens with zero attached hydrogens (tertiary/aromatic N) is 4. The molecule has 1 aromatic carbocycles. The molecule has 2 aromatic rings. The number of aromatic nitrogens is 4. The third-order valence-corrected chi connectivity index (χ3v) is 3.96. The van der Waals surface area contributed by atoms with Crippen LogP contribution in [0.4, 0.5) is 5.69 Å². The van der Waals surface area contributed by atoms with Crippen molar-refractivity contribution in [1.29, 1.82) is 0 Å². The van der Waals surface area contributed by atoms with E-state index in [1.54, 1.807) is 11.0 Å². The number of nitrogens with one attached hydrogen (secondary N) is 1. The molecule has 1 aliphatic carbocycles. The summed E-state index contributed by atoms with van der Waals surface area (Å²) in [7, 11) is 0. The molecule has 5 heteroatoms. The average Bonchev–Trinajstić information content (AvgIpc) is 2.96. The third kappa shape index (κ3) is 3.35. The molecule has 1 fully saturated rings. The molecular formula is C15H21N5. The number of hydrogen-bond donors (Lipinski definition) is 1. The fourth-order valence-electron chi connectivity index (χ4n) is 2.83. The van der Waals surface area contributed by atoms with Gasteiger partial charge in [-0.05, 0) is 47.5 Å². The molecule has 3 rings (SSSR count). The summed E-state index contributed by atoms with van der Waals surface area (Å²) in [6, 6.07) is 8.92. The molecule has 1 aliphatic rings. The minimum absolute atomic E-state index is 0.620. The number of rotatable bonds is 3. The average molecular weight is 271 g/mol. The lowest BCUT2D eigenvalue weighted by Gasteiger charge is -2.22. The minimum Gasteiger partial charge on any atom is -0.382 e. The van der Waals surface area contributed by atoms with Crippen molar-refractivity contribution in [3.05, 3.63) is 30.6 Å². The summed E-state index contributed by atoms with van der Waals surface area (Å²) in [6.45, 7) is 0. The summed E-state index contributed by atoms with van der Waals surface area (Å²) in [5, 5.41) is 14.9. The van der Waals surface area contributed by atoms with Crippen LogP contribution in [0.3, 0.4) is 0 Å². The van der Waals surface area contributed by atoms with Crippen LogP contribution in [0, 0.1) is 0 Å². The van der Waals surface area contributed by atoms with Gasteiger partial charge in [0, 0.05) is 11.7 Å². The van der Waals surface area contributed by atoms with Crippen molar-refractivity contribution in [1.82, 2.24) is 20.2 Å². The van der Waals surface area contributed by atoms with E-state index >= 15 is 0 Å². The highest BCUT2D eigenvalue weighted by Crippen LogP contribution is 2.21. The van der Waals surface area contributed by atoms with Crippen molar-refractivity contribution in [2.75, 3.05) is 5.32 Å². The van der Waals surface area contributed by atoms with Gasteiger partial charge >= 0.3 is 0 Å². The second-order valence-electron chi connectivity index (χ2n) is 5.49. The molecule has 0 amide bonds. The number of hydrogen-bond acceptors (Lipinski definition) is 4. The van der Waals surface area contributed by atoms with E-state index in [2.05, 4.69) is 33.0 Å². The van der Waals surface area contributed by atoms with E-state index < -0.39 is 0 Å². The van der Waals surface area contributed by atoms with Crippen LogP contribution in [0.15, 0.2) is 30.6 Å². The van der Waals surface area contributed by atoms with Gasteiger partial charge in [0.05, 0.1) is 5.69 Å². The van der Waals surface area contributed by atoms with Crippen LogP contribution < -0.4 is 5.32 Å². The van der Waals surface area contributed by atoms with Crippen LogP contribution in [0.5, 0.6) is 0 Å². The smallest absolute Gasteiger partial charge is 0.143 e.